The Morgan fingerprint density at radius 3 is 2.00 bits per heavy atom. The summed E-state index contributed by atoms with van der Waals surface area (Å²) in [5, 5.41) is 9.43. The Hall–Kier alpha value is -5.03. The van der Waals surface area contributed by atoms with Crippen LogP contribution in [0.3, 0.4) is 0 Å². The molecule has 0 fully saturated rings. The summed E-state index contributed by atoms with van der Waals surface area (Å²) in [6.45, 7) is 0.794. The van der Waals surface area contributed by atoms with Gasteiger partial charge in [0.05, 0.1) is 28.3 Å². The molecule has 0 amide bonds. The summed E-state index contributed by atoms with van der Waals surface area (Å²) < 4.78 is 6.67. The molecule has 0 N–H and O–H groups in total. The molecule has 37 heavy (non-hydrogen) atoms. The number of hydrogen-bond donors (Lipinski definition) is 0. The smallest absolute Gasteiger partial charge is 0.234 e. The van der Waals surface area contributed by atoms with Gasteiger partial charge in [-0.1, -0.05) is 53.2 Å². The summed E-state index contributed by atoms with van der Waals surface area (Å²) in [5.41, 5.74) is 6.85. The van der Waals surface area contributed by atoms with Gasteiger partial charge in [-0.3, -0.25) is 4.57 Å². The van der Waals surface area contributed by atoms with Gasteiger partial charge in [-0.05, 0) is 47.6 Å². The van der Waals surface area contributed by atoms with Crippen molar-refractivity contribution in [1.29, 1.82) is 0 Å². The second kappa shape index (κ2) is 7.73. The number of rotatable bonds is 3. The van der Waals surface area contributed by atoms with E-state index in [9.17, 15) is 0 Å². The van der Waals surface area contributed by atoms with Gasteiger partial charge in [0.25, 0.3) is 0 Å². The second-order valence-electron chi connectivity index (χ2n) is 9.38. The Labute approximate surface area is 212 Å². The number of fused-ring (bicyclic) bond motifs is 6. The maximum absolute atomic E-state index is 4.70. The van der Waals surface area contributed by atoms with E-state index in [1.54, 1.807) is 0 Å². The molecule has 4 aromatic carbocycles. The molecule has 0 atom stereocenters. The van der Waals surface area contributed by atoms with Crippen LogP contribution >= 0.6 is 0 Å². The molecule has 0 unspecified atom stereocenters. The lowest BCUT2D eigenvalue weighted by molar-refractivity contribution is -0.492. The van der Waals surface area contributed by atoms with Crippen LogP contribution in [0.4, 0.5) is 5.69 Å². The highest BCUT2D eigenvalue weighted by molar-refractivity contribution is 6.12. The van der Waals surface area contributed by atoms with Crippen molar-refractivity contribution in [3.8, 4) is 11.5 Å². The van der Waals surface area contributed by atoms with E-state index < -0.39 is 0 Å². The number of pyridine rings is 1. The third-order valence-corrected chi connectivity index (χ3v) is 7.34. The fourth-order valence-electron chi connectivity index (χ4n) is 5.72. The minimum atomic E-state index is 0.794. The molecule has 0 saturated carbocycles. The van der Waals surface area contributed by atoms with Crippen molar-refractivity contribution in [2.45, 2.75) is 0 Å². The summed E-state index contributed by atoms with van der Waals surface area (Å²) in [5.74, 6) is 0.915. The lowest BCUT2D eigenvalue weighted by Gasteiger charge is -2.10. The summed E-state index contributed by atoms with van der Waals surface area (Å²) in [7, 11) is 0. The van der Waals surface area contributed by atoms with Crippen molar-refractivity contribution < 1.29 is 4.70 Å². The van der Waals surface area contributed by atoms with Crippen molar-refractivity contribution >= 4 is 49.3 Å². The van der Waals surface area contributed by atoms with Gasteiger partial charge in [0.15, 0.2) is 6.54 Å². The molecule has 1 aliphatic rings. The van der Waals surface area contributed by atoms with Gasteiger partial charge < -0.3 is 4.57 Å². The molecular formula is C32H22N5+. The van der Waals surface area contributed by atoms with Crippen LogP contribution in [0.25, 0.3) is 55.1 Å². The van der Waals surface area contributed by atoms with Crippen molar-refractivity contribution in [3.05, 3.63) is 122 Å². The SMILES string of the molecule is C1=CN=[N+](c2ccc3c4ccccc4n(-c4ccc5c6ccccc6n(-c6ccccn6)c5c4)c3c2)C1. The zero-order valence-electron chi connectivity index (χ0n) is 20.0. The lowest BCUT2D eigenvalue weighted by Crippen LogP contribution is -2.00. The Morgan fingerprint density at radius 2 is 1.27 bits per heavy atom. The molecular weight excluding hydrogens is 454 g/mol. The van der Waals surface area contributed by atoms with Crippen LogP contribution in [-0.4, -0.2) is 25.4 Å². The number of para-hydroxylation sites is 2. The van der Waals surface area contributed by atoms with Gasteiger partial charge in [-0.2, -0.15) is 0 Å². The molecule has 0 saturated heterocycles. The fraction of sp³-hybridized carbons (Fsp3) is 0.0312. The minimum Gasteiger partial charge on any atom is -0.309 e. The van der Waals surface area contributed by atoms with E-state index in [0.29, 0.717) is 0 Å². The van der Waals surface area contributed by atoms with Gasteiger partial charge >= 0.3 is 0 Å². The Bertz CT molecular complexity index is 2060. The first-order valence-corrected chi connectivity index (χ1v) is 12.5. The summed E-state index contributed by atoms with van der Waals surface area (Å²) in [6.07, 6.45) is 5.79. The van der Waals surface area contributed by atoms with Crippen molar-refractivity contribution in [2.75, 3.05) is 6.54 Å². The number of hydrogen-bond acceptors (Lipinski definition) is 2. The minimum absolute atomic E-state index is 0.794. The van der Waals surface area contributed by atoms with Gasteiger partial charge in [0, 0.05) is 51.6 Å². The average Bonchev–Trinajstić information content (AvgIpc) is 3.68. The summed E-state index contributed by atoms with van der Waals surface area (Å²) in [6, 6.07) is 36.7. The first-order valence-electron chi connectivity index (χ1n) is 12.5. The molecule has 0 radical (unpaired) electrons. The summed E-state index contributed by atoms with van der Waals surface area (Å²) >= 11 is 0. The predicted octanol–water partition coefficient (Wildman–Crippen LogP) is 7.90. The van der Waals surface area contributed by atoms with E-state index >= 15 is 0 Å². The average molecular weight is 477 g/mol. The number of aromatic nitrogens is 3. The molecule has 4 heterocycles. The number of azo groups is 2. The van der Waals surface area contributed by atoms with Crippen LogP contribution in [0.1, 0.15) is 0 Å². The molecule has 174 valence electrons. The molecule has 8 rings (SSSR count). The van der Waals surface area contributed by atoms with Crippen LogP contribution in [0.15, 0.2) is 127 Å². The van der Waals surface area contributed by atoms with E-state index in [0.717, 1.165) is 34.8 Å². The molecule has 0 spiro atoms. The Balaban J connectivity index is 1.46. The fourth-order valence-corrected chi connectivity index (χ4v) is 5.72. The van der Waals surface area contributed by atoms with Crippen molar-refractivity contribution in [1.82, 2.24) is 14.1 Å². The molecule has 5 nitrogen and oxygen atoms in total. The van der Waals surface area contributed by atoms with E-state index in [-0.39, 0.29) is 0 Å². The summed E-state index contributed by atoms with van der Waals surface area (Å²) in [4.78, 5) is 4.70. The highest BCUT2D eigenvalue weighted by Gasteiger charge is 2.20. The van der Waals surface area contributed by atoms with Gasteiger partial charge in [0.1, 0.15) is 5.82 Å². The quantitative estimate of drug-likeness (QED) is 0.239. The van der Waals surface area contributed by atoms with Crippen molar-refractivity contribution in [3.63, 3.8) is 0 Å². The maximum atomic E-state index is 4.70. The van der Waals surface area contributed by atoms with E-state index in [4.69, 9.17) is 4.98 Å². The van der Waals surface area contributed by atoms with Crippen LogP contribution in [-0.2, 0) is 0 Å². The Kier molecular flexibility index (Phi) is 4.22. The van der Waals surface area contributed by atoms with E-state index in [1.807, 2.05) is 29.2 Å². The zero-order valence-corrected chi connectivity index (χ0v) is 20.0. The molecule has 0 bridgehead atoms. The van der Waals surface area contributed by atoms with Crippen LogP contribution in [0.5, 0.6) is 0 Å². The molecule has 7 aromatic rings. The molecule has 0 aliphatic carbocycles. The third kappa shape index (κ3) is 2.94. The monoisotopic (exact) mass is 476 g/mol. The predicted molar refractivity (Wildman–Crippen MR) is 149 cm³/mol. The standard InChI is InChI=1S/C32H22N5/c1-3-10-28-24(8-1)26-15-13-22(35-19-7-18-34-35)20-30(26)36(28)23-14-16-27-25-9-2-4-11-29(25)37(31(27)21-23)32-12-5-6-17-33-32/h1-18,20-21H,19H2/q+1. The van der Waals surface area contributed by atoms with E-state index in [2.05, 4.69) is 111 Å². The highest BCUT2D eigenvalue weighted by Crippen LogP contribution is 2.37. The Morgan fingerprint density at radius 1 is 0.595 bits per heavy atom. The second-order valence-corrected chi connectivity index (χ2v) is 9.38. The third-order valence-electron chi connectivity index (χ3n) is 7.34. The van der Waals surface area contributed by atoms with E-state index in [1.165, 1.54) is 32.6 Å². The number of benzene rings is 4. The van der Waals surface area contributed by atoms with Crippen molar-refractivity contribution in [2.24, 2.45) is 5.11 Å². The molecule has 1 aliphatic heterocycles. The van der Waals surface area contributed by atoms with Gasteiger partial charge in [-0.25, -0.2) is 4.98 Å². The lowest BCUT2D eigenvalue weighted by atomic mass is 10.1. The first-order chi connectivity index (χ1) is 18.4. The zero-order chi connectivity index (χ0) is 24.3. The molecule has 3 aromatic heterocycles. The van der Waals surface area contributed by atoms with Crippen LogP contribution < -0.4 is 0 Å². The number of nitrogens with zero attached hydrogens (tertiary/aromatic N) is 5. The highest BCUT2D eigenvalue weighted by atomic mass is 15.3. The first kappa shape index (κ1) is 20.2. The normalized spacial score (nSPS) is 13.4. The van der Waals surface area contributed by atoms with Gasteiger partial charge in [0.2, 0.25) is 5.69 Å². The maximum Gasteiger partial charge on any atom is 0.234 e. The molecule has 5 heteroatoms. The largest absolute Gasteiger partial charge is 0.309 e. The topological polar surface area (TPSA) is 38.1 Å². The van der Waals surface area contributed by atoms with Crippen LogP contribution in [0.2, 0.25) is 0 Å². The van der Waals surface area contributed by atoms with Crippen LogP contribution in [0, 0.1) is 0 Å². The van der Waals surface area contributed by atoms with Gasteiger partial charge in [-0.15, -0.1) is 0 Å².